The topological polar surface area (TPSA) is 71.3 Å². The third-order valence-corrected chi connectivity index (χ3v) is 4.88. The average molecular weight is 348 g/mol. The highest BCUT2D eigenvalue weighted by Gasteiger charge is 2.27. The lowest BCUT2D eigenvalue weighted by Gasteiger charge is -2.30. The van der Waals surface area contributed by atoms with Crippen molar-refractivity contribution in [2.45, 2.75) is 45.6 Å². The third-order valence-electron chi connectivity index (χ3n) is 4.19. The molecule has 3 rings (SSSR count). The lowest BCUT2D eigenvalue weighted by Crippen LogP contribution is -2.40. The zero-order valence-corrected chi connectivity index (χ0v) is 15.2. The van der Waals surface area contributed by atoms with Gasteiger partial charge in [0.2, 0.25) is 11.8 Å². The molecule has 7 heteroatoms. The van der Waals surface area contributed by atoms with E-state index in [4.69, 9.17) is 4.42 Å². The molecule has 3 heterocycles. The van der Waals surface area contributed by atoms with Gasteiger partial charge in [-0.05, 0) is 19.4 Å². The summed E-state index contributed by atoms with van der Waals surface area (Å²) in [4.78, 5) is 23.1. The van der Waals surface area contributed by atoms with Gasteiger partial charge in [0.15, 0.2) is 5.13 Å². The van der Waals surface area contributed by atoms with Crippen molar-refractivity contribution in [3.8, 4) is 0 Å². The van der Waals surface area contributed by atoms with Crippen LogP contribution in [0.15, 0.2) is 22.2 Å². The summed E-state index contributed by atoms with van der Waals surface area (Å²) in [5.41, 5.74) is -0.0384. The van der Waals surface area contributed by atoms with Gasteiger partial charge in [-0.2, -0.15) is 0 Å². The van der Waals surface area contributed by atoms with Crippen LogP contribution in [0.4, 0.5) is 5.13 Å². The Labute approximate surface area is 146 Å². The highest BCUT2D eigenvalue weighted by atomic mass is 32.1. The number of hydrogen-bond acceptors (Lipinski definition) is 6. The fraction of sp³-hybridized carbons (Fsp3) is 0.588. The summed E-state index contributed by atoms with van der Waals surface area (Å²) in [5, 5.41) is 5.43. The number of nitrogens with one attached hydrogen (secondary N) is 1. The molecule has 0 aliphatic carbocycles. The third kappa shape index (κ3) is 4.21. The van der Waals surface area contributed by atoms with Crippen molar-refractivity contribution in [3.63, 3.8) is 0 Å². The number of oxazole rings is 1. The first-order chi connectivity index (χ1) is 11.4. The first-order valence-corrected chi connectivity index (χ1v) is 9.17. The first kappa shape index (κ1) is 17.1. The Kier molecular flexibility index (Phi) is 5.01. The van der Waals surface area contributed by atoms with E-state index in [1.807, 2.05) is 11.6 Å². The Balaban J connectivity index is 1.57. The molecule has 0 spiro atoms. The van der Waals surface area contributed by atoms with E-state index in [0.717, 1.165) is 37.6 Å². The van der Waals surface area contributed by atoms with Gasteiger partial charge in [-0.1, -0.05) is 20.8 Å². The molecular weight excluding hydrogens is 324 g/mol. The molecule has 24 heavy (non-hydrogen) atoms. The van der Waals surface area contributed by atoms with Crippen LogP contribution in [-0.2, 0) is 16.8 Å². The molecule has 1 saturated heterocycles. The van der Waals surface area contributed by atoms with Crippen molar-refractivity contribution < 1.29 is 9.21 Å². The summed E-state index contributed by atoms with van der Waals surface area (Å²) in [7, 11) is 0. The number of nitrogens with zero attached hydrogens (tertiary/aromatic N) is 3. The molecule has 0 radical (unpaired) electrons. The standard InChI is InChI=1S/C17H24N4O2S/c1-17(2,3)13-9-19-14(23-13)11-21-7-4-5-12(10-21)15(22)20-16-18-6-8-24-16/h6,8-9,12H,4-5,7,10-11H2,1-3H3,(H,18,20,22). The average Bonchev–Trinajstić information content (AvgIpc) is 3.18. The van der Waals surface area contributed by atoms with Crippen LogP contribution in [0.1, 0.15) is 45.3 Å². The maximum Gasteiger partial charge on any atom is 0.230 e. The van der Waals surface area contributed by atoms with Gasteiger partial charge in [-0.15, -0.1) is 11.3 Å². The van der Waals surface area contributed by atoms with E-state index < -0.39 is 0 Å². The number of piperidine rings is 1. The number of thiazole rings is 1. The van der Waals surface area contributed by atoms with E-state index in [1.165, 1.54) is 11.3 Å². The van der Waals surface area contributed by atoms with Gasteiger partial charge >= 0.3 is 0 Å². The molecular formula is C17H24N4O2S. The van der Waals surface area contributed by atoms with Crippen LogP contribution in [0.25, 0.3) is 0 Å². The van der Waals surface area contributed by atoms with Gasteiger partial charge in [0.1, 0.15) is 5.76 Å². The Hall–Kier alpha value is -1.73. The molecule has 2 aromatic rings. The van der Waals surface area contributed by atoms with Crippen molar-refractivity contribution in [3.05, 3.63) is 29.4 Å². The van der Waals surface area contributed by atoms with Crippen LogP contribution in [-0.4, -0.2) is 33.9 Å². The van der Waals surface area contributed by atoms with Crippen molar-refractivity contribution in [2.24, 2.45) is 5.92 Å². The lowest BCUT2D eigenvalue weighted by atomic mass is 9.94. The Morgan fingerprint density at radius 3 is 2.96 bits per heavy atom. The van der Waals surface area contributed by atoms with Gasteiger partial charge in [-0.3, -0.25) is 9.69 Å². The maximum absolute atomic E-state index is 12.4. The molecule has 1 aliphatic rings. The fourth-order valence-corrected chi connectivity index (χ4v) is 3.36. The predicted octanol–water partition coefficient (Wildman–Crippen LogP) is 3.28. The van der Waals surface area contributed by atoms with E-state index in [-0.39, 0.29) is 17.2 Å². The maximum atomic E-state index is 12.4. The molecule has 1 atom stereocenters. The van der Waals surface area contributed by atoms with Crippen LogP contribution in [0.2, 0.25) is 0 Å². The van der Waals surface area contributed by atoms with Crippen LogP contribution in [0.3, 0.4) is 0 Å². The predicted molar refractivity (Wildman–Crippen MR) is 93.9 cm³/mol. The van der Waals surface area contributed by atoms with Crippen molar-refractivity contribution in [2.75, 3.05) is 18.4 Å². The molecule has 130 valence electrons. The highest BCUT2D eigenvalue weighted by Crippen LogP contribution is 2.25. The Morgan fingerprint density at radius 1 is 1.46 bits per heavy atom. The Bertz CT molecular complexity index is 675. The molecule has 1 amide bonds. The molecule has 1 fully saturated rings. The smallest absolute Gasteiger partial charge is 0.230 e. The molecule has 2 aromatic heterocycles. The van der Waals surface area contributed by atoms with Gasteiger partial charge in [0.05, 0.1) is 18.7 Å². The Morgan fingerprint density at radius 2 is 2.29 bits per heavy atom. The molecule has 0 bridgehead atoms. The van der Waals surface area contributed by atoms with Crippen molar-refractivity contribution in [1.29, 1.82) is 0 Å². The quantitative estimate of drug-likeness (QED) is 0.918. The van der Waals surface area contributed by atoms with Gasteiger partial charge < -0.3 is 9.73 Å². The van der Waals surface area contributed by atoms with Crippen LogP contribution < -0.4 is 5.32 Å². The summed E-state index contributed by atoms with van der Waals surface area (Å²) < 4.78 is 5.87. The minimum Gasteiger partial charge on any atom is -0.444 e. The van der Waals surface area contributed by atoms with E-state index in [2.05, 4.69) is 41.0 Å². The normalized spacial score (nSPS) is 19.4. The van der Waals surface area contributed by atoms with E-state index in [0.29, 0.717) is 11.7 Å². The lowest BCUT2D eigenvalue weighted by molar-refractivity contribution is -0.121. The minimum absolute atomic E-state index is 0.0142. The number of likely N-dealkylation sites (tertiary alicyclic amines) is 1. The number of amides is 1. The fourth-order valence-electron chi connectivity index (χ4n) is 2.83. The second-order valence-electron chi connectivity index (χ2n) is 7.27. The van der Waals surface area contributed by atoms with Gasteiger partial charge in [0.25, 0.3) is 0 Å². The van der Waals surface area contributed by atoms with Crippen molar-refractivity contribution in [1.82, 2.24) is 14.9 Å². The summed E-state index contributed by atoms with van der Waals surface area (Å²) in [6, 6.07) is 0. The molecule has 1 aliphatic heterocycles. The van der Waals surface area contributed by atoms with Crippen LogP contribution in [0.5, 0.6) is 0 Å². The number of rotatable bonds is 4. The van der Waals surface area contributed by atoms with Gasteiger partial charge in [-0.25, -0.2) is 9.97 Å². The molecule has 1 N–H and O–H groups in total. The first-order valence-electron chi connectivity index (χ1n) is 8.30. The molecule has 0 aromatic carbocycles. The van der Waals surface area contributed by atoms with Gasteiger partial charge in [0, 0.05) is 23.5 Å². The second-order valence-corrected chi connectivity index (χ2v) is 8.16. The second kappa shape index (κ2) is 7.03. The minimum atomic E-state index is -0.0384. The van der Waals surface area contributed by atoms with Crippen LogP contribution >= 0.6 is 11.3 Å². The summed E-state index contributed by atoms with van der Waals surface area (Å²) in [5.74, 6) is 1.66. The highest BCUT2D eigenvalue weighted by molar-refractivity contribution is 7.13. The zero-order chi connectivity index (χ0) is 17.2. The zero-order valence-electron chi connectivity index (χ0n) is 14.4. The monoisotopic (exact) mass is 348 g/mol. The summed E-state index contributed by atoms with van der Waals surface area (Å²) in [6.07, 6.45) is 5.42. The van der Waals surface area contributed by atoms with Crippen LogP contribution in [0, 0.1) is 5.92 Å². The SMILES string of the molecule is CC(C)(C)c1cnc(CN2CCCC(C(=O)Nc3nccs3)C2)o1. The van der Waals surface area contributed by atoms with E-state index >= 15 is 0 Å². The molecule has 6 nitrogen and oxygen atoms in total. The largest absolute Gasteiger partial charge is 0.444 e. The van der Waals surface area contributed by atoms with E-state index in [9.17, 15) is 4.79 Å². The number of hydrogen-bond donors (Lipinski definition) is 1. The number of carbonyl (C=O) groups excluding carboxylic acids is 1. The number of carbonyl (C=O) groups is 1. The van der Waals surface area contributed by atoms with E-state index in [1.54, 1.807) is 6.20 Å². The number of anilines is 1. The summed E-state index contributed by atoms with van der Waals surface area (Å²) >= 11 is 1.44. The molecule has 0 saturated carbocycles. The molecule has 1 unspecified atom stereocenters. The summed E-state index contributed by atoms with van der Waals surface area (Å²) in [6.45, 7) is 8.67. The number of aromatic nitrogens is 2. The van der Waals surface area contributed by atoms with Crippen molar-refractivity contribution >= 4 is 22.4 Å².